The van der Waals surface area contributed by atoms with E-state index in [0.29, 0.717) is 5.69 Å². The number of aryl methyl sites for hydroxylation is 1. The van der Waals surface area contributed by atoms with Crippen molar-refractivity contribution in [2.45, 2.75) is 6.92 Å². The van der Waals surface area contributed by atoms with Gasteiger partial charge in [-0.1, -0.05) is 12.2 Å². The summed E-state index contributed by atoms with van der Waals surface area (Å²) in [6, 6.07) is 7.56. The van der Waals surface area contributed by atoms with Gasteiger partial charge in [0.05, 0.1) is 17.6 Å². The highest BCUT2D eigenvalue weighted by Gasteiger charge is 2.00. The van der Waals surface area contributed by atoms with Crippen molar-refractivity contribution in [1.82, 2.24) is 9.97 Å². The number of rotatable bonds is 3. The van der Waals surface area contributed by atoms with Gasteiger partial charge < -0.3 is 11.1 Å². The molecule has 0 aliphatic rings. The van der Waals surface area contributed by atoms with Crippen LogP contribution >= 0.6 is 12.2 Å². The molecule has 2 aromatic rings. The Balaban J connectivity index is 2.21. The van der Waals surface area contributed by atoms with E-state index in [4.69, 9.17) is 18.0 Å². The predicted octanol–water partition coefficient (Wildman–Crippen LogP) is 2.16. The fourth-order valence-corrected chi connectivity index (χ4v) is 1.46. The molecular formula is C12H12N4S. The van der Waals surface area contributed by atoms with Crippen LogP contribution in [0, 0.1) is 6.92 Å². The second-order valence-electron chi connectivity index (χ2n) is 3.61. The Bertz CT molecular complexity index is 536. The van der Waals surface area contributed by atoms with Gasteiger partial charge in [0.2, 0.25) is 0 Å². The summed E-state index contributed by atoms with van der Waals surface area (Å²) in [5.74, 6) is 0. The van der Waals surface area contributed by atoms with E-state index in [1.807, 2.05) is 31.2 Å². The van der Waals surface area contributed by atoms with Crippen molar-refractivity contribution in [1.29, 1.82) is 0 Å². The smallest absolute Gasteiger partial charge is 0.122 e. The third-order valence-electron chi connectivity index (χ3n) is 2.21. The first-order chi connectivity index (χ1) is 8.15. The van der Waals surface area contributed by atoms with Crippen LogP contribution in [0.25, 0.3) is 0 Å². The van der Waals surface area contributed by atoms with Crippen LogP contribution in [0.2, 0.25) is 0 Å². The number of nitrogens with one attached hydrogen (secondary N) is 1. The third-order valence-corrected chi connectivity index (χ3v) is 2.42. The van der Waals surface area contributed by atoms with Crippen LogP contribution in [-0.4, -0.2) is 15.0 Å². The first-order valence-electron chi connectivity index (χ1n) is 5.11. The van der Waals surface area contributed by atoms with Crippen LogP contribution in [-0.2, 0) is 0 Å². The topological polar surface area (TPSA) is 63.8 Å². The lowest BCUT2D eigenvalue weighted by atomic mass is 10.3. The van der Waals surface area contributed by atoms with Crippen LogP contribution in [0.4, 0.5) is 11.4 Å². The molecule has 0 amide bonds. The minimum atomic E-state index is 0.288. The maximum absolute atomic E-state index is 5.52. The minimum Gasteiger partial charge on any atom is -0.388 e. The van der Waals surface area contributed by atoms with E-state index in [1.165, 1.54) is 0 Å². The lowest BCUT2D eigenvalue weighted by Crippen LogP contribution is -2.11. The quantitative estimate of drug-likeness (QED) is 0.810. The summed E-state index contributed by atoms with van der Waals surface area (Å²) in [5.41, 5.74) is 8.90. The molecular weight excluding hydrogens is 232 g/mol. The lowest BCUT2D eigenvalue weighted by Gasteiger charge is -2.07. The van der Waals surface area contributed by atoms with Crippen molar-refractivity contribution in [2.24, 2.45) is 5.73 Å². The van der Waals surface area contributed by atoms with Gasteiger partial charge >= 0.3 is 0 Å². The van der Waals surface area contributed by atoms with E-state index in [-0.39, 0.29) is 4.99 Å². The summed E-state index contributed by atoms with van der Waals surface area (Å²) in [4.78, 5) is 8.56. The first-order valence-corrected chi connectivity index (χ1v) is 5.51. The highest BCUT2D eigenvalue weighted by molar-refractivity contribution is 7.80. The molecule has 0 saturated heterocycles. The van der Waals surface area contributed by atoms with Crippen molar-refractivity contribution in [3.63, 3.8) is 0 Å². The summed E-state index contributed by atoms with van der Waals surface area (Å²) in [5, 5.41) is 3.21. The number of nitrogens with two attached hydrogens (primary N) is 1. The van der Waals surface area contributed by atoms with Crippen molar-refractivity contribution in [3.05, 3.63) is 48.0 Å². The Morgan fingerprint density at radius 2 is 2.06 bits per heavy atom. The number of thiocarbonyl (C=S) groups is 1. The van der Waals surface area contributed by atoms with E-state index in [9.17, 15) is 0 Å². The highest BCUT2D eigenvalue weighted by atomic mass is 32.1. The molecule has 2 rings (SSSR count). The maximum atomic E-state index is 5.52. The minimum absolute atomic E-state index is 0.288. The van der Waals surface area contributed by atoms with E-state index >= 15 is 0 Å². The molecule has 0 fully saturated rings. The van der Waals surface area contributed by atoms with Gasteiger partial charge in [-0.15, -0.1) is 0 Å². The zero-order valence-electron chi connectivity index (χ0n) is 9.34. The zero-order chi connectivity index (χ0) is 12.3. The Hall–Kier alpha value is -2.01. The maximum Gasteiger partial charge on any atom is 0.122 e. The van der Waals surface area contributed by atoms with Crippen LogP contribution < -0.4 is 11.1 Å². The molecule has 17 heavy (non-hydrogen) atoms. The van der Waals surface area contributed by atoms with E-state index in [2.05, 4.69) is 15.3 Å². The summed E-state index contributed by atoms with van der Waals surface area (Å²) < 4.78 is 0. The van der Waals surface area contributed by atoms with Crippen molar-refractivity contribution in [2.75, 3.05) is 5.32 Å². The van der Waals surface area contributed by atoms with Crippen molar-refractivity contribution < 1.29 is 0 Å². The molecule has 0 atom stereocenters. The van der Waals surface area contributed by atoms with Crippen molar-refractivity contribution in [3.8, 4) is 0 Å². The second-order valence-corrected chi connectivity index (χ2v) is 4.05. The Morgan fingerprint density at radius 1 is 1.24 bits per heavy atom. The Labute approximate surface area is 105 Å². The third kappa shape index (κ3) is 2.98. The number of aromatic nitrogens is 2. The van der Waals surface area contributed by atoms with Gasteiger partial charge in [0.15, 0.2) is 0 Å². The van der Waals surface area contributed by atoms with E-state index in [1.54, 1.807) is 12.4 Å². The van der Waals surface area contributed by atoms with Gasteiger partial charge in [-0.3, -0.25) is 9.97 Å². The van der Waals surface area contributed by atoms with Crippen LogP contribution in [0.3, 0.4) is 0 Å². The molecule has 0 aliphatic heterocycles. The average Bonchev–Trinajstić information content (AvgIpc) is 2.32. The molecule has 3 N–H and O–H groups in total. The predicted molar refractivity (Wildman–Crippen MR) is 72.4 cm³/mol. The van der Waals surface area contributed by atoms with Gasteiger partial charge in [-0.05, 0) is 31.2 Å². The van der Waals surface area contributed by atoms with Gasteiger partial charge in [0, 0.05) is 17.6 Å². The van der Waals surface area contributed by atoms with Crippen LogP contribution in [0.15, 0.2) is 36.7 Å². The normalized spacial score (nSPS) is 9.94. The molecule has 0 aliphatic carbocycles. The SMILES string of the molecule is Cc1ccc(Nc2ccnc(C(N)=S)c2)cn1. The number of nitrogens with zero attached hydrogens (tertiary/aromatic N) is 2. The van der Waals surface area contributed by atoms with Crippen LogP contribution in [0.5, 0.6) is 0 Å². The number of hydrogen-bond donors (Lipinski definition) is 2. The van der Waals surface area contributed by atoms with Gasteiger partial charge in [-0.25, -0.2) is 0 Å². The molecule has 86 valence electrons. The molecule has 0 aromatic carbocycles. The average molecular weight is 244 g/mol. The highest BCUT2D eigenvalue weighted by Crippen LogP contribution is 2.15. The number of pyridine rings is 2. The molecule has 0 bridgehead atoms. The molecule has 0 saturated carbocycles. The van der Waals surface area contributed by atoms with E-state index < -0.39 is 0 Å². The fraction of sp³-hybridized carbons (Fsp3) is 0.0833. The molecule has 5 heteroatoms. The molecule has 4 nitrogen and oxygen atoms in total. The largest absolute Gasteiger partial charge is 0.388 e. The number of anilines is 2. The van der Waals surface area contributed by atoms with Gasteiger partial charge in [0.1, 0.15) is 4.99 Å². The zero-order valence-corrected chi connectivity index (χ0v) is 10.2. The molecule has 0 unspecified atom stereocenters. The lowest BCUT2D eigenvalue weighted by molar-refractivity contribution is 1.20. The number of hydrogen-bond acceptors (Lipinski definition) is 4. The first kappa shape index (κ1) is 11.5. The summed E-state index contributed by atoms with van der Waals surface area (Å²) in [6.45, 7) is 1.95. The summed E-state index contributed by atoms with van der Waals surface area (Å²) >= 11 is 4.88. The second kappa shape index (κ2) is 4.88. The van der Waals surface area contributed by atoms with Gasteiger partial charge in [-0.2, -0.15) is 0 Å². The summed E-state index contributed by atoms with van der Waals surface area (Å²) in [6.07, 6.45) is 3.44. The standard InChI is InChI=1S/C12H12N4S/c1-8-2-3-10(7-15-8)16-9-4-5-14-11(6-9)12(13)17/h2-7H,1H3,(H2,13,17)(H,14,16). The van der Waals surface area contributed by atoms with Crippen molar-refractivity contribution >= 4 is 28.6 Å². The summed E-state index contributed by atoms with van der Waals surface area (Å²) in [7, 11) is 0. The van der Waals surface area contributed by atoms with Gasteiger partial charge in [0.25, 0.3) is 0 Å². The molecule has 2 heterocycles. The van der Waals surface area contributed by atoms with Crippen LogP contribution in [0.1, 0.15) is 11.4 Å². The molecule has 0 radical (unpaired) electrons. The monoisotopic (exact) mass is 244 g/mol. The Kier molecular flexibility index (Phi) is 3.30. The molecule has 0 spiro atoms. The fourth-order valence-electron chi connectivity index (χ4n) is 1.35. The Morgan fingerprint density at radius 3 is 2.71 bits per heavy atom. The van der Waals surface area contributed by atoms with E-state index in [0.717, 1.165) is 17.1 Å². The molecule has 2 aromatic heterocycles.